The third-order valence-corrected chi connectivity index (χ3v) is 6.24. The van der Waals surface area contributed by atoms with Crippen LogP contribution in [0, 0.1) is 5.82 Å². The lowest BCUT2D eigenvalue weighted by Crippen LogP contribution is -2.36. The molecule has 10 heteroatoms. The van der Waals surface area contributed by atoms with E-state index in [1.54, 1.807) is 24.4 Å². The standard InChI is InChI=1S/C27H24F4N2O4/c1-26(2,27(29,30)31)25-12-20(37-33-25)11-19(34)8-16-6-5-15(9-21(16)28)18-7-17-10-23(35-3)24(36-4)13-22(17)32-14-18/h5-7,9-10,12-14H,8,11H2,1-4H3. The largest absolute Gasteiger partial charge is 0.493 e. The first kappa shape index (κ1) is 26.1. The zero-order valence-electron chi connectivity index (χ0n) is 20.6. The maximum Gasteiger partial charge on any atom is 0.399 e. The van der Waals surface area contributed by atoms with Gasteiger partial charge >= 0.3 is 6.18 Å². The lowest BCUT2D eigenvalue weighted by atomic mass is 9.88. The van der Waals surface area contributed by atoms with Gasteiger partial charge in [-0.1, -0.05) is 17.3 Å². The van der Waals surface area contributed by atoms with Gasteiger partial charge in [-0.2, -0.15) is 13.2 Å². The van der Waals surface area contributed by atoms with Crippen LogP contribution < -0.4 is 9.47 Å². The average molecular weight is 516 g/mol. The number of nitrogens with zero attached hydrogens (tertiary/aromatic N) is 2. The number of Topliss-reactive ketones (excluding diaryl/α,β-unsaturated/α-hetero) is 1. The van der Waals surface area contributed by atoms with E-state index in [1.165, 1.54) is 26.4 Å². The molecule has 0 saturated carbocycles. The average Bonchev–Trinajstić information content (AvgIpc) is 3.32. The van der Waals surface area contributed by atoms with Crippen LogP contribution in [0.25, 0.3) is 22.0 Å². The molecule has 4 rings (SSSR count). The number of carbonyl (C=O) groups excluding carboxylic acids is 1. The second-order valence-electron chi connectivity index (χ2n) is 9.12. The van der Waals surface area contributed by atoms with Crippen LogP contribution in [0.1, 0.15) is 30.9 Å². The van der Waals surface area contributed by atoms with Gasteiger partial charge in [0.2, 0.25) is 0 Å². The fourth-order valence-corrected chi connectivity index (χ4v) is 3.79. The van der Waals surface area contributed by atoms with Gasteiger partial charge < -0.3 is 14.0 Å². The van der Waals surface area contributed by atoms with Gasteiger partial charge in [0.25, 0.3) is 0 Å². The fraction of sp³-hybridized carbons (Fsp3) is 0.296. The Morgan fingerprint density at radius 3 is 2.30 bits per heavy atom. The van der Waals surface area contributed by atoms with Crippen LogP contribution in [0.15, 0.2) is 53.2 Å². The molecule has 0 spiro atoms. The summed E-state index contributed by atoms with van der Waals surface area (Å²) in [4.78, 5) is 16.9. The molecule has 2 aromatic heterocycles. The van der Waals surface area contributed by atoms with Crippen LogP contribution in [0.3, 0.4) is 0 Å². The highest BCUT2D eigenvalue weighted by atomic mass is 19.4. The zero-order chi connectivity index (χ0) is 27.0. The highest BCUT2D eigenvalue weighted by Crippen LogP contribution is 2.40. The van der Waals surface area contributed by atoms with Gasteiger partial charge in [-0.25, -0.2) is 4.39 Å². The van der Waals surface area contributed by atoms with Gasteiger partial charge in [-0.3, -0.25) is 9.78 Å². The number of ether oxygens (including phenoxy) is 2. The van der Waals surface area contributed by atoms with E-state index in [9.17, 15) is 22.4 Å². The summed E-state index contributed by atoms with van der Waals surface area (Å²) >= 11 is 0. The highest BCUT2D eigenvalue weighted by molar-refractivity contribution is 5.87. The Morgan fingerprint density at radius 1 is 0.946 bits per heavy atom. The maximum atomic E-state index is 14.9. The minimum absolute atomic E-state index is 0.0105. The topological polar surface area (TPSA) is 74.5 Å². The first-order valence-electron chi connectivity index (χ1n) is 11.3. The highest BCUT2D eigenvalue weighted by Gasteiger charge is 2.50. The van der Waals surface area contributed by atoms with Crippen molar-refractivity contribution < 1.29 is 36.4 Å². The Balaban J connectivity index is 1.49. The molecule has 2 aromatic carbocycles. The Bertz CT molecular complexity index is 1460. The molecule has 4 aromatic rings. The molecule has 6 nitrogen and oxygen atoms in total. The third kappa shape index (κ3) is 5.28. The number of rotatable bonds is 8. The Morgan fingerprint density at radius 2 is 1.65 bits per heavy atom. The molecule has 0 bridgehead atoms. The van der Waals surface area contributed by atoms with Gasteiger partial charge in [0, 0.05) is 35.7 Å². The van der Waals surface area contributed by atoms with Crippen LogP contribution in [0.2, 0.25) is 0 Å². The number of methoxy groups -OCH3 is 2. The van der Waals surface area contributed by atoms with Crippen molar-refractivity contribution in [2.75, 3.05) is 14.2 Å². The molecular weight excluding hydrogens is 492 g/mol. The van der Waals surface area contributed by atoms with Crippen LogP contribution in [-0.4, -0.2) is 36.3 Å². The Labute approximate surface area is 210 Å². The number of benzene rings is 2. The number of fused-ring (bicyclic) bond motifs is 1. The SMILES string of the molecule is COc1cc2cc(-c3ccc(CC(=O)Cc4cc(C(C)(C)C(F)(F)F)no4)c(F)c3)cnc2cc1OC. The van der Waals surface area contributed by atoms with Crippen molar-refractivity contribution in [1.29, 1.82) is 0 Å². The van der Waals surface area contributed by atoms with Crippen LogP contribution >= 0.6 is 0 Å². The predicted octanol–water partition coefficient (Wildman–Crippen LogP) is 6.24. The summed E-state index contributed by atoms with van der Waals surface area (Å²) in [6.45, 7) is 1.96. The molecule has 0 atom stereocenters. The van der Waals surface area contributed by atoms with Crippen molar-refractivity contribution in [3.63, 3.8) is 0 Å². The van der Waals surface area contributed by atoms with Crippen molar-refractivity contribution in [2.45, 2.75) is 38.3 Å². The number of hydrogen-bond donors (Lipinski definition) is 0. The molecule has 0 radical (unpaired) electrons. The van der Waals surface area contributed by atoms with Gasteiger partial charge in [0.05, 0.1) is 31.9 Å². The molecule has 0 amide bonds. The van der Waals surface area contributed by atoms with E-state index < -0.39 is 23.2 Å². The monoisotopic (exact) mass is 516 g/mol. The van der Waals surface area contributed by atoms with E-state index in [0.29, 0.717) is 28.1 Å². The minimum atomic E-state index is -4.53. The summed E-state index contributed by atoms with van der Waals surface area (Å²) in [5, 5.41) is 4.25. The lowest BCUT2D eigenvalue weighted by Gasteiger charge is -2.24. The van der Waals surface area contributed by atoms with E-state index in [-0.39, 0.29) is 29.9 Å². The minimum Gasteiger partial charge on any atom is -0.493 e. The van der Waals surface area contributed by atoms with Crippen molar-refractivity contribution in [3.8, 4) is 22.6 Å². The lowest BCUT2D eigenvalue weighted by molar-refractivity contribution is -0.181. The number of hydrogen-bond acceptors (Lipinski definition) is 6. The van der Waals surface area contributed by atoms with E-state index in [0.717, 1.165) is 25.3 Å². The molecule has 0 aliphatic heterocycles. The van der Waals surface area contributed by atoms with Gasteiger partial charge in [-0.05, 0) is 43.2 Å². The smallest absolute Gasteiger partial charge is 0.399 e. The van der Waals surface area contributed by atoms with Crippen LogP contribution in [-0.2, 0) is 23.1 Å². The van der Waals surface area contributed by atoms with E-state index in [4.69, 9.17) is 14.0 Å². The summed E-state index contributed by atoms with van der Waals surface area (Å²) in [5.74, 6) is 0.0571. The second-order valence-corrected chi connectivity index (χ2v) is 9.12. The number of ketones is 1. The normalized spacial score (nSPS) is 12.1. The fourth-order valence-electron chi connectivity index (χ4n) is 3.79. The number of pyridine rings is 1. The Hall–Kier alpha value is -3.95. The number of carbonyl (C=O) groups is 1. The van der Waals surface area contributed by atoms with Gasteiger partial charge in [-0.15, -0.1) is 0 Å². The molecule has 37 heavy (non-hydrogen) atoms. The van der Waals surface area contributed by atoms with Gasteiger partial charge in [0.15, 0.2) is 11.5 Å². The molecule has 194 valence electrons. The van der Waals surface area contributed by atoms with E-state index >= 15 is 0 Å². The number of halogens is 4. The number of aromatic nitrogens is 2. The molecule has 0 fully saturated rings. The van der Waals surface area contributed by atoms with Crippen molar-refractivity contribution in [1.82, 2.24) is 10.1 Å². The van der Waals surface area contributed by atoms with Crippen LogP contribution in [0.5, 0.6) is 11.5 Å². The quantitative estimate of drug-likeness (QED) is 0.258. The third-order valence-electron chi connectivity index (χ3n) is 6.24. The van der Waals surface area contributed by atoms with Crippen molar-refractivity contribution in [3.05, 3.63) is 71.5 Å². The Kier molecular flexibility index (Phi) is 6.94. The maximum absolute atomic E-state index is 14.9. The summed E-state index contributed by atoms with van der Waals surface area (Å²) in [6, 6.07) is 11.0. The summed E-state index contributed by atoms with van der Waals surface area (Å²) in [5.41, 5.74) is -0.486. The second kappa shape index (κ2) is 9.84. The van der Waals surface area contributed by atoms with Crippen LogP contribution in [0.4, 0.5) is 17.6 Å². The molecule has 0 N–H and O–H groups in total. The predicted molar refractivity (Wildman–Crippen MR) is 128 cm³/mol. The number of alkyl halides is 3. The van der Waals surface area contributed by atoms with E-state index in [2.05, 4.69) is 10.1 Å². The zero-order valence-corrected chi connectivity index (χ0v) is 20.6. The molecule has 0 unspecified atom stereocenters. The molecule has 0 aliphatic rings. The first-order valence-corrected chi connectivity index (χ1v) is 11.3. The summed E-state index contributed by atoms with van der Waals surface area (Å²) in [7, 11) is 3.06. The molecule has 0 aliphatic carbocycles. The summed E-state index contributed by atoms with van der Waals surface area (Å²) < 4.78 is 70.1. The molecule has 0 saturated heterocycles. The summed E-state index contributed by atoms with van der Waals surface area (Å²) in [6.07, 6.45) is -3.48. The first-order chi connectivity index (χ1) is 17.4. The molecular formula is C27H24F4N2O4. The van der Waals surface area contributed by atoms with E-state index in [1.807, 2.05) is 6.07 Å². The van der Waals surface area contributed by atoms with Crippen molar-refractivity contribution >= 4 is 16.7 Å². The van der Waals surface area contributed by atoms with Gasteiger partial charge in [0.1, 0.15) is 22.8 Å². The van der Waals surface area contributed by atoms with Crippen molar-refractivity contribution in [2.24, 2.45) is 0 Å². The molecule has 2 heterocycles.